The highest BCUT2D eigenvalue weighted by molar-refractivity contribution is 5.96. The monoisotopic (exact) mass is 372 g/mol. The summed E-state index contributed by atoms with van der Waals surface area (Å²) in [6, 6.07) is 14.7. The van der Waals surface area contributed by atoms with Gasteiger partial charge in [0.05, 0.1) is 11.9 Å². The molecule has 2 aromatic carbocycles. The molecular formula is C23H20N2O3. The van der Waals surface area contributed by atoms with E-state index in [4.69, 9.17) is 4.42 Å². The summed E-state index contributed by atoms with van der Waals surface area (Å²) in [6.45, 7) is 5.80. The molecule has 5 heteroatoms. The van der Waals surface area contributed by atoms with E-state index in [1.807, 2.05) is 57.2 Å². The van der Waals surface area contributed by atoms with Crippen LogP contribution in [0.4, 0.5) is 5.69 Å². The molecule has 0 saturated heterocycles. The average Bonchev–Trinajstić information content (AvgIpc) is 2.64. The smallest absolute Gasteiger partial charge is 0.336 e. The van der Waals surface area contributed by atoms with Crippen molar-refractivity contribution in [2.24, 2.45) is 0 Å². The molecule has 0 unspecified atom stereocenters. The third kappa shape index (κ3) is 3.27. The molecule has 2 aromatic heterocycles. The average molecular weight is 372 g/mol. The minimum atomic E-state index is -0.401. The summed E-state index contributed by atoms with van der Waals surface area (Å²) < 4.78 is 5.25. The van der Waals surface area contributed by atoms with Crippen molar-refractivity contribution in [1.82, 2.24) is 4.98 Å². The number of aromatic nitrogens is 1. The van der Waals surface area contributed by atoms with Gasteiger partial charge in [0.2, 0.25) is 5.91 Å². The Morgan fingerprint density at radius 3 is 2.64 bits per heavy atom. The fourth-order valence-corrected chi connectivity index (χ4v) is 3.60. The molecule has 1 amide bonds. The zero-order valence-electron chi connectivity index (χ0n) is 16.0. The van der Waals surface area contributed by atoms with Crippen LogP contribution in [0.5, 0.6) is 0 Å². The van der Waals surface area contributed by atoms with Crippen LogP contribution in [0.1, 0.15) is 22.4 Å². The van der Waals surface area contributed by atoms with Crippen LogP contribution >= 0.6 is 0 Å². The molecule has 0 bridgehead atoms. The molecule has 0 radical (unpaired) electrons. The third-order valence-electron chi connectivity index (χ3n) is 5.06. The summed E-state index contributed by atoms with van der Waals surface area (Å²) in [5, 5.41) is 4.80. The lowest BCUT2D eigenvalue weighted by molar-refractivity contribution is -0.115. The van der Waals surface area contributed by atoms with Crippen LogP contribution in [0, 0.1) is 20.8 Å². The Hall–Kier alpha value is -3.47. The Balaban J connectivity index is 1.62. The highest BCUT2D eigenvalue weighted by atomic mass is 16.4. The van der Waals surface area contributed by atoms with E-state index >= 15 is 0 Å². The number of carbonyl (C=O) groups excluding carboxylic acids is 1. The van der Waals surface area contributed by atoms with Crippen molar-refractivity contribution in [3.05, 3.63) is 81.3 Å². The lowest BCUT2D eigenvalue weighted by Gasteiger charge is -2.13. The zero-order chi connectivity index (χ0) is 19.8. The second-order valence-corrected chi connectivity index (χ2v) is 7.00. The number of para-hydroxylation sites is 1. The van der Waals surface area contributed by atoms with Gasteiger partial charge in [-0.15, -0.1) is 0 Å². The Kier molecular flexibility index (Phi) is 4.43. The number of carbonyl (C=O) groups is 1. The van der Waals surface area contributed by atoms with Gasteiger partial charge in [-0.2, -0.15) is 0 Å². The quantitative estimate of drug-likeness (QED) is 0.539. The minimum absolute atomic E-state index is 0.141. The van der Waals surface area contributed by atoms with Crippen molar-refractivity contribution < 1.29 is 9.21 Å². The summed E-state index contributed by atoms with van der Waals surface area (Å²) in [7, 11) is 0. The fourth-order valence-electron chi connectivity index (χ4n) is 3.60. The number of rotatable bonds is 3. The molecule has 4 aromatic rings. The van der Waals surface area contributed by atoms with Crippen LogP contribution in [-0.2, 0) is 11.2 Å². The molecule has 0 aliphatic carbocycles. The zero-order valence-corrected chi connectivity index (χ0v) is 16.0. The lowest BCUT2D eigenvalue weighted by Crippen LogP contribution is -2.16. The van der Waals surface area contributed by atoms with Gasteiger partial charge in [0.15, 0.2) is 0 Å². The number of aryl methyl sites for hydroxylation is 3. The fraction of sp³-hybridized carbons (Fsp3) is 0.174. The van der Waals surface area contributed by atoms with Crippen molar-refractivity contribution >= 4 is 33.5 Å². The van der Waals surface area contributed by atoms with E-state index in [1.165, 1.54) is 6.07 Å². The van der Waals surface area contributed by atoms with Crippen molar-refractivity contribution in [3.63, 3.8) is 0 Å². The molecule has 2 heterocycles. The van der Waals surface area contributed by atoms with Gasteiger partial charge in [0, 0.05) is 34.3 Å². The minimum Gasteiger partial charge on any atom is -0.423 e. The molecule has 0 spiro atoms. The van der Waals surface area contributed by atoms with Crippen molar-refractivity contribution in [3.8, 4) is 0 Å². The number of benzene rings is 2. The molecular weight excluding hydrogens is 352 g/mol. The summed E-state index contributed by atoms with van der Waals surface area (Å²) >= 11 is 0. The van der Waals surface area contributed by atoms with Crippen molar-refractivity contribution in [2.75, 3.05) is 5.32 Å². The van der Waals surface area contributed by atoms with Crippen LogP contribution < -0.4 is 10.9 Å². The molecule has 0 aliphatic rings. The first-order valence-electron chi connectivity index (χ1n) is 9.11. The van der Waals surface area contributed by atoms with E-state index in [0.29, 0.717) is 11.3 Å². The number of nitrogens with zero attached hydrogens (tertiary/aromatic N) is 1. The standard InChI is InChI=1S/C23H20N2O3/c1-13-10-23(27)28-21-11-16(8-9-17(13)21)25-22(26)12-19-14(2)18-6-4-5-7-20(18)24-15(19)3/h4-11H,12H2,1-3H3,(H,25,26). The number of amides is 1. The first kappa shape index (κ1) is 17.9. The molecule has 0 saturated carbocycles. The highest BCUT2D eigenvalue weighted by Gasteiger charge is 2.13. The topological polar surface area (TPSA) is 72.2 Å². The SMILES string of the molecule is Cc1nc2ccccc2c(C)c1CC(=O)Nc1ccc2c(C)cc(=O)oc2c1. The second kappa shape index (κ2) is 6.93. The van der Waals surface area contributed by atoms with Gasteiger partial charge >= 0.3 is 5.63 Å². The molecule has 28 heavy (non-hydrogen) atoms. The molecule has 1 N–H and O–H groups in total. The number of anilines is 1. The number of pyridine rings is 1. The number of nitrogens with one attached hydrogen (secondary N) is 1. The highest BCUT2D eigenvalue weighted by Crippen LogP contribution is 2.24. The van der Waals surface area contributed by atoms with E-state index in [0.717, 1.165) is 38.7 Å². The Morgan fingerprint density at radius 1 is 1.04 bits per heavy atom. The maximum atomic E-state index is 12.7. The van der Waals surface area contributed by atoms with Gasteiger partial charge < -0.3 is 9.73 Å². The van der Waals surface area contributed by atoms with E-state index in [-0.39, 0.29) is 12.3 Å². The van der Waals surface area contributed by atoms with Gasteiger partial charge in [-0.05, 0) is 55.7 Å². The van der Waals surface area contributed by atoms with Crippen molar-refractivity contribution in [1.29, 1.82) is 0 Å². The van der Waals surface area contributed by atoms with Crippen LogP contribution in [0.2, 0.25) is 0 Å². The predicted molar refractivity (Wildman–Crippen MR) is 111 cm³/mol. The lowest BCUT2D eigenvalue weighted by atomic mass is 9.99. The number of fused-ring (bicyclic) bond motifs is 2. The first-order chi connectivity index (χ1) is 13.4. The Morgan fingerprint density at radius 2 is 1.82 bits per heavy atom. The van der Waals surface area contributed by atoms with Crippen molar-refractivity contribution in [2.45, 2.75) is 27.2 Å². The maximum absolute atomic E-state index is 12.7. The van der Waals surface area contributed by atoms with E-state index in [2.05, 4.69) is 10.3 Å². The Labute approximate surface area is 162 Å². The van der Waals surface area contributed by atoms with E-state index in [9.17, 15) is 9.59 Å². The second-order valence-electron chi connectivity index (χ2n) is 7.00. The third-order valence-corrected chi connectivity index (χ3v) is 5.06. The van der Waals surface area contributed by atoms with Crippen LogP contribution in [0.3, 0.4) is 0 Å². The first-order valence-corrected chi connectivity index (χ1v) is 9.11. The molecule has 0 aliphatic heterocycles. The van der Waals surface area contributed by atoms with Crippen LogP contribution in [-0.4, -0.2) is 10.9 Å². The van der Waals surface area contributed by atoms with Gasteiger partial charge in [0.1, 0.15) is 5.58 Å². The van der Waals surface area contributed by atoms with E-state index < -0.39 is 5.63 Å². The Bertz CT molecular complexity index is 1290. The van der Waals surface area contributed by atoms with Crippen LogP contribution in [0.15, 0.2) is 57.7 Å². The number of hydrogen-bond acceptors (Lipinski definition) is 4. The largest absolute Gasteiger partial charge is 0.423 e. The van der Waals surface area contributed by atoms with Crippen LogP contribution in [0.25, 0.3) is 21.9 Å². The molecule has 140 valence electrons. The van der Waals surface area contributed by atoms with E-state index in [1.54, 1.807) is 6.07 Å². The molecule has 0 atom stereocenters. The van der Waals surface area contributed by atoms with Gasteiger partial charge in [-0.25, -0.2) is 4.79 Å². The summed E-state index contributed by atoms with van der Waals surface area (Å²) in [6.07, 6.45) is 0.227. The molecule has 0 fully saturated rings. The predicted octanol–water partition coefficient (Wildman–Crippen LogP) is 4.45. The molecule has 5 nitrogen and oxygen atoms in total. The normalized spacial score (nSPS) is 11.1. The summed E-state index contributed by atoms with van der Waals surface area (Å²) in [4.78, 5) is 28.9. The van der Waals surface area contributed by atoms with Gasteiger partial charge in [0.25, 0.3) is 0 Å². The molecule has 4 rings (SSSR count). The summed E-state index contributed by atoms with van der Waals surface area (Å²) in [5.41, 5.74) is 5.28. The van der Waals surface area contributed by atoms with Gasteiger partial charge in [-0.3, -0.25) is 9.78 Å². The summed E-state index contributed by atoms with van der Waals surface area (Å²) in [5.74, 6) is -0.141. The maximum Gasteiger partial charge on any atom is 0.336 e. The number of hydrogen-bond donors (Lipinski definition) is 1. The van der Waals surface area contributed by atoms with Gasteiger partial charge in [-0.1, -0.05) is 18.2 Å².